The van der Waals surface area contributed by atoms with E-state index in [2.05, 4.69) is 149 Å². The Morgan fingerprint density at radius 2 is 0.893 bits per heavy atom. The largest absolute Gasteiger partial charge is 0.309 e. The first kappa shape index (κ1) is 30.9. The van der Waals surface area contributed by atoms with Gasteiger partial charge in [-0.05, 0) is 74.8 Å². The molecule has 10 aromatic rings. The van der Waals surface area contributed by atoms with Gasteiger partial charge in [-0.25, -0.2) is 15.0 Å². The summed E-state index contributed by atoms with van der Waals surface area (Å²) in [5.41, 5.74) is 15.7. The highest BCUT2D eigenvalue weighted by Gasteiger charge is 2.52. The van der Waals surface area contributed by atoms with Crippen LogP contribution in [-0.4, -0.2) is 24.5 Å². The molecule has 5 nitrogen and oxygen atoms in total. The molecule has 2 aliphatic carbocycles. The van der Waals surface area contributed by atoms with Gasteiger partial charge in [0.1, 0.15) is 0 Å². The number of rotatable bonds is 4. The third-order valence-corrected chi connectivity index (χ3v) is 11.8. The average Bonchev–Trinajstić information content (AvgIpc) is 3.88. The second-order valence-electron chi connectivity index (χ2n) is 14.6. The lowest BCUT2D eigenvalue weighted by Crippen LogP contribution is -2.26. The zero-order valence-electron chi connectivity index (χ0n) is 30.1. The molecule has 0 fully saturated rings. The summed E-state index contributed by atoms with van der Waals surface area (Å²) in [5, 5.41) is 2.34. The molecule has 1 atom stereocenters. The summed E-state index contributed by atoms with van der Waals surface area (Å²) in [6, 6.07) is 62.8. The van der Waals surface area contributed by atoms with E-state index < -0.39 is 5.41 Å². The Kier molecular flexibility index (Phi) is 6.48. The van der Waals surface area contributed by atoms with E-state index in [1.165, 1.54) is 49.9 Å². The van der Waals surface area contributed by atoms with Crippen molar-refractivity contribution in [1.29, 1.82) is 0 Å². The molecule has 5 heteroatoms. The normalized spacial score (nSPS) is 14.9. The van der Waals surface area contributed by atoms with Gasteiger partial charge in [0, 0.05) is 45.5 Å². The predicted molar refractivity (Wildman–Crippen MR) is 225 cm³/mol. The van der Waals surface area contributed by atoms with Crippen LogP contribution >= 0.6 is 0 Å². The fourth-order valence-electron chi connectivity index (χ4n) is 9.44. The van der Waals surface area contributed by atoms with Crippen molar-refractivity contribution >= 4 is 21.8 Å². The Balaban J connectivity index is 1.13. The van der Waals surface area contributed by atoms with Crippen LogP contribution in [0.2, 0.25) is 0 Å². The monoisotopic (exact) mass is 713 g/mol. The van der Waals surface area contributed by atoms with Crippen LogP contribution < -0.4 is 0 Å². The van der Waals surface area contributed by atoms with E-state index in [1.807, 2.05) is 48.8 Å². The number of hydrogen-bond acceptors (Lipinski definition) is 4. The van der Waals surface area contributed by atoms with Gasteiger partial charge in [-0.15, -0.1) is 0 Å². The van der Waals surface area contributed by atoms with Crippen molar-refractivity contribution in [1.82, 2.24) is 24.5 Å². The maximum Gasteiger partial charge on any atom is 0.164 e. The third kappa shape index (κ3) is 4.25. The molecule has 0 N–H and O–H groups in total. The number of fused-ring (bicyclic) bond motifs is 13. The molecule has 12 rings (SSSR count). The summed E-state index contributed by atoms with van der Waals surface area (Å²) in [6.07, 6.45) is 3.87. The number of aromatic nitrogens is 5. The van der Waals surface area contributed by atoms with Crippen molar-refractivity contribution in [3.05, 3.63) is 211 Å². The molecule has 2 aliphatic rings. The molecule has 3 heterocycles. The molecule has 0 aliphatic heterocycles. The van der Waals surface area contributed by atoms with E-state index in [1.54, 1.807) is 0 Å². The number of para-hydroxylation sites is 1. The van der Waals surface area contributed by atoms with Gasteiger partial charge in [0.25, 0.3) is 0 Å². The van der Waals surface area contributed by atoms with Crippen LogP contribution in [0.5, 0.6) is 0 Å². The molecule has 1 unspecified atom stereocenters. The molecule has 7 aromatic carbocycles. The third-order valence-electron chi connectivity index (χ3n) is 11.8. The van der Waals surface area contributed by atoms with E-state index in [4.69, 9.17) is 15.0 Å². The maximum absolute atomic E-state index is 5.15. The fourth-order valence-corrected chi connectivity index (χ4v) is 9.44. The summed E-state index contributed by atoms with van der Waals surface area (Å²) >= 11 is 0. The van der Waals surface area contributed by atoms with Crippen LogP contribution in [0.1, 0.15) is 22.3 Å². The zero-order chi connectivity index (χ0) is 36.8. The van der Waals surface area contributed by atoms with Crippen molar-refractivity contribution in [2.45, 2.75) is 5.41 Å². The molecule has 0 radical (unpaired) electrons. The SMILES string of the molecule is c1ccc(-c2nc(-c3ccccc3)nc(-c3ccc4c(c3)C3(c5ccccc5-4)c4ccccc4-c4ccc(-n5c6ccccc6c6cnccc65)cc43)n2)cc1. The Morgan fingerprint density at radius 3 is 1.57 bits per heavy atom. The van der Waals surface area contributed by atoms with E-state index in [0.29, 0.717) is 17.5 Å². The molecule has 0 bridgehead atoms. The van der Waals surface area contributed by atoms with Gasteiger partial charge in [0.05, 0.1) is 16.4 Å². The highest BCUT2D eigenvalue weighted by Crippen LogP contribution is 2.63. The van der Waals surface area contributed by atoms with Gasteiger partial charge in [-0.2, -0.15) is 0 Å². The molecule has 3 aromatic heterocycles. The summed E-state index contributed by atoms with van der Waals surface area (Å²) in [4.78, 5) is 19.8. The molecule has 1 spiro atoms. The first-order valence-corrected chi connectivity index (χ1v) is 19.0. The van der Waals surface area contributed by atoms with Crippen molar-refractivity contribution in [2.75, 3.05) is 0 Å². The predicted octanol–water partition coefficient (Wildman–Crippen LogP) is 11.7. The minimum Gasteiger partial charge on any atom is -0.309 e. The van der Waals surface area contributed by atoms with Gasteiger partial charge in [0.2, 0.25) is 0 Å². The average molecular weight is 714 g/mol. The molecule has 260 valence electrons. The van der Waals surface area contributed by atoms with Gasteiger partial charge in [-0.3, -0.25) is 4.98 Å². The first-order chi connectivity index (χ1) is 27.8. The van der Waals surface area contributed by atoms with Crippen molar-refractivity contribution in [3.8, 4) is 62.1 Å². The van der Waals surface area contributed by atoms with E-state index in [9.17, 15) is 0 Å². The van der Waals surface area contributed by atoms with E-state index in [-0.39, 0.29) is 0 Å². The van der Waals surface area contributed by atoms with Crippen LogP contribution in [0.15, 0.2) is 188 Å². The van der Waals surface area contributed by atoms with Crippen LogP contribution in [-0.2, 0) is 5.41 Å². The number of benzene rings is 7. The molecule has 0 saturated carbocycles. The van der Waals surface area contributed by atoms with Crippen LogP contribution in [0.4, 0.5) is 0 Å². The summed E-state index contributed by atoms with van der Waals surface area (Å²) < 4.78 is 2.39. The molecular formula is C51H31N5. The Bertz CT molecular complexity index is 3080. The number of hydrogen-bond donors (Lipinski definition) is 0. The van der Waals surface area contributed by atoms with Gasteiger partial charge in [-0.1, -0.05) is 146 Å². The topological polar surface area (TPSA) is 56.5 Å². The lowest BCUT2D eigenvalue weighted by molar-refractivity contribution is 0.792. The lowest BCUT2D eigenvalue weighted by Gasteiger charge is -2.31. The van der Waals surface area contributed by atoms with E-state index in [0.717, 1.165) is 38.8 Å². The van der Waals surface area contributed by atoms with Gasteiger partial charge < -0.3 is 4.57 Å². The number of pyridine rings is 1. The Morgan fingerprint density at radius 1 is 0.375 bits per heavy atom. The first-order valence-electron chi connectivity index (χ1n) is 19.0. The molecule has 0 saturated heterocycles. The zero-order valence-corrected chi connectivity index (χ0v) is 30.1. The van der Waals surface area contributed by atoms with Gasteiger partial charge >= 0.3 is 0 Å². The van der Waals surface area contributed by atoms with Crippen LogP contribution in [0.3, 0.4) is 0 Å². The van der Waals surface area contributed by atoms with E-state index >= 15 is 0 Å². The number of nitrogens with zero attached hydrogens (tertiary/aromatic N) is 5. The Labute approximate surface area is 323 Å². The minimum absolute atomic E-state index is 0.568. The Hall–Kier alpha value is -7.50. The molecular weight excluding hydrogens is 683 g/mol. The molecule has 56 heavy (non-hydrogen) atoms. The van der Waals surface area contributed by atoms with Crippen LogP contribution in [0, 0.1) is 0 Å². The molecule has 0 amide bonds. The van der Waals surface area contributed by atoms with Crippen molar-refractivity contribution < 1.29 is 0 Å². The highest BCUT2D eigenvalue weighted by molar-refractivity contribution is 6.09. The van der Waals surface area contributed by atoms with Crippen molar-refractivity contribution in [3.63, 3.8) is 0 Å². The second-order valence-corrected chi connectivity index (χ2v) is 14.6. The fraction of sp³-hybridized carbons (Fsp3) is 0.0196. The quantitative estimate of drug-likeness (QED) is 0.182. The summed E-state index contributed by atoms with van der Waals surface area (Å²) in [7, 11) is 0. The van der Waals surface area contributed by atoms with Crippen LogP contribution in [0.25, 0.3) is 83.9 Å². The minimum atomic E-state index is -0.568. The lowest BCUT2D eigenvalue weighted by atomic mass is 9.70. The highest BCUT2D eigenvalue weighted by atomic mass is 15.0. The smallest absolute Gasteiger partial charge is 0.164 e. The summed E-state index contributed by atoms with van der Waals surface area (Å²) in [6.45, 7) is 0. The van der Waals surface area contributed by atoms with Gasteiger partial charge in [0.15, 0.2) is 17.5 Å². The standard InChI is InChI=1S/C51H31N5/c1-3-13-32(14-4-1)48-53-49(33-15-5-2-6-16-33)55-50(54-48)34-23-25-38-36-17-7-10-20-42(36)51(44(38)29-34)43-21-11-8-18-37(43)39-26-24-35(30-45(39)51)56-46-22-12-9-19-40(46)41-31-52-28-27-47(41)56/h1-31H. The second kappa shape index (κ2) is 11.7. The van der Waals surface area contributed by atoms with Crippen molar-refractivity contribution in [2.24, 2.45) is 0 Å². The maximum atomic E-state index is 5.15. The summed E-state index contributed by atoms with van der Waals surface area (Å²) in [5.74, 6) is 1.94.